The first-order valence-electron chi connectivity index (χ1n) is 7.07. The molecular weight excluding hydrogens is 304 g/mol. The fourth-order valence-electron chi connectivity index (χ4n) is 2.18. The van der Waals surface area contributed by atoms with Crippen LogP contribution in [0.2, 0.25) is 0 Å². The van der Waals surface area contributed by atoms with Gasteiger partial charge in [-0.2, -0.15) is 0 Å². The molecule has 0 amide bonds. The molecule has 0 bridgehead atoms. The molecule has 0 spiro atoms. The van der Waals surface area contributed by atoms with Gasteiger partial charge in [0.05, 0.1) is 6.61 Å². The van der Waals surface area contributed by atoms with Crippen LogP contribution in [0, 0.1) is 5.92 Å². The number of fused-ring (bicyclic) bond motifs is 1. The van der Waals surface area contributed by atoms with E-state index in [1.807, 2.05) is 0 Å². The summed E-state index contributed by atoms with van der Waals surface area (Å²) in [6, 6.07) is 0. The maximum Gasteiger partial charge on any atom is 0.332 e. The van der Waals surface area contributed by atoms with Crippen LogP contribution in [0.3, 0.4) is 0 Å². The molecule has 7 nitrogen and oxygen atoms in total. The van der Waals surface area contributed by atoms with Gasteiger partial charge in [0.2, 0.25) is 0 Å². The lowest BCUT2D eigenvalue weighted by atomic mass is 10.1. The van der Waals surface area contributed by atoms with E-state index < -0.39 is 11.2 Å². The fraction of sp³-hybridized carbons (Fsp3) is 0.571. The number of aliphatic hydroxyl groups excluding tert-OH is 1. The SMILES string of the molecule is CC(C)Cc1nc(SCCO)c2c(=O)n(C)c(=O)n(C)c2n1. The first-order chi connectivity index (χ1) is 10.4. The lowest BCUT2D eigenvalue weighted by Crippen LogP contribution is -2.38. The number of hydrogen-bond donors (Lipinski definition) is 1. The monoisotopic (exact) mass is 324 g/mol. The molecule has 2 rings (SSSR count). The summed E-state index contributed by atoms with van der Waals surface area (Å²) in [7, 11) is 3.03. The van der Waals surface area contributed by atoms with Gasteiger partial charge < -0.3 is 5.11 Å². The maximum atomic E-state index is 12.4. The fourth-order valence-corrected chi connectivity index (χ4v) is 2.95. The molecule has 2 aromatic heterocycles. The largest absolute Gasteiger partial charge is 0.396 e. The van der Waals surface area contributed by atoms with Gasteiger partial charge in [0.1, 0.15) is 16.2 Å². The molecule has 0 radical (unpaired) electrons. The van der Waals surface area contributed by atoms with Crippen molar-refractivity contribution in [3.63, 3.8) is 0 Å². The predicted molar refractivity (Wildman–Crippen MR) is 86.4 cm³/mol. The van der Waals surface area contributed by atoms with Crippen molar-refractivity contribution in [1.82, 2.24) is 19.1 Å². The molecule has 0 fully saturated rings. The van der Waals surface area contributed by atoms with Crippen molar-refractivity contribution in [3.8, 4) is 0 Å². The van der Waals surface area contributed by atoms with Crippen LogP contribution in [0.4, 0.5) is 0 Å². The molecule has 22 heavy (non-hydrogen) atoms. The lowest BCUT2D eigenvalue weighted by molar-refractivity contribution is 0.322. The first kappa shape index (κ1) is 16.7. The molecule has 8 heteroatoms. The van der Waals surface area contributed by atoms with Crippen LogP contribution in [0.15, 0.2) is 14.6 Å². The van der Waals surface area contributed by atoms with Crippen LogP contribution in [0.25, 0.3) is 11.0 Å². The summed E-state index contributed by atoms with van der Waals surface area (Å²) >= 11 is 1.30. The highest BCUT2D eigenvalue weighted by Gasteiger charge is 2.17. The Morgan fingerprint density at radius 3 is 2.45 bits per heavy atom. The van der Waals surface area contributed by atoms with Crippen molar-refractivity contribution in [2.45, 2.75) is 25.3 Å². The molecule has 0 saturated heterocycles. The summed E-state index contributed by atoms with van der Waals surface area (Å²) < 4.78 is 2.42. The van der Waals surface area contributed by atoms with Crippen molar-refractivity contribution >= 4 is 22.8 Å². The molecule has 2 aromatic rings. The highest BCUT2D eigenvalue weighted by atomic mass is 32.2. The Balaban J connectivity index is 2.82. The third-order valence-electron chi connectivity index (χ3n) is 3.23. The number of thioether (sulfide) groups is 1. The van der Waals surface area contributed by atoms with Gasteiger partial charge in [0.25, 0.3) is 5.56 Å². The highest BCUT2D eigenvalue weighted by Crippen LogP contribution is 2.22. The van der Waals surface area contributed by atoms with Gasteiger partial charge >= 0.3 is 5.69 Å². The smallest absolute Gasteiger partial charge is 0.332 e. The van der Waals surface area contributed by atoms with E-state index in [1.54, 1.807) is 7.05 Å². The van der Waals surface area contributed by atoms with Crippen LogP contribution < -0.4 is 11.2 Å². The molecule has 2 heterocycles. The number of aliphatic hydroxyl groups is 1. The summed E-state index contributed by atoms with van der Waals surface area (Å²) in [4.78, 5) is 33.4. The molecule has 0 aliphatic heterocycles. The van der Waals surface area contributed by atoms with Crippen LogP contribution in [-0.4, -0.2) is 36.6 Å². The second-order valence-corrected chi connectivity index (χ2v) is 6.60. The molecule has 0 saturated carbocycles. The maximum absolute atomic E-state index is 12.4. The summed E-state index contributed by atoms with van der Waals surface area (Å²) in [5.41, 5.74) is -0.473. The quantitative estimate of drug-likeness (QED) is 0.629. The average molecular weight is 324 g/mol. The van der Waals surface area contributed by atoms with Crippen LogP contribution in [0.1, 0.15) is 19.7 Å². The van der Waals surface area contributed by atoms with E-state index in [0.717, 1.165) is 4.57 Å². The molecule has 1 N–H and O–H groups in total. The Morgan fingerprint density at radius 2 is 1.86 bits per heavy atom. The zero-order chi connectivity index (χ0) is 16.4. The third kappa shape index (κ3) is 3.07. The summed E-state index contributed by atoms with van der Waals surface area (Å²) in [5.74, 6) is 1.39. The van der Waals surface area contributed by atoms with Crippen LogP contribution in [0.5, 0.6) is 0 Å². The predicted octanol–water partition coefficient (Wildman–Crippen LogP) is 0.310. The van der Waals surface area contributed by atoms with E-state index in [-0.39, 0.29) is 6.61 Å². The van der Waals surface area contributed by atoms with Gasteiger partial charge in [-0.05, 0) is 5.92 Å². The van der Waals surface area contributed by atoms with Gasteiger partial charge in [-0.1, -0.05) is 13.8 Å². The van der Waals surface area contributed by atoms with Gasteiger partial charge in [0, 0.05) is 26.3 Å². The Hall–Kier alpha value is -1.67. The van der Waals surface area contributed by atoms with E-state index in [2.05, 4.69) is 23.8 Å². The number of nitrogens with zero attached hydrogens (tertiary/aromatic N) is 4. The zero-order valence-corrected chi connectivity index (χ0v) is 14.0. The summed E-state index contributed by atoms with van der Waals surface area (Å²) in [5, 5.41) is 9.88. The van der Waals surface area contributed by atoms with Crippen LogP contribution >= 0.6 is 11.8 Å². The number of aromatic nitrogens is 4. The van der Waals surface area contributed by atoms with Crippen molar-refractivity contribution in [2.75, 3.05) is 12.4 Å². The minimum Gasteiger partial charge on any atom is -0.396 e. The Morgan fingerprint density at radius 1 is 1.18 bits per heavy atom. The first-order valence-corrected chi connectivity index (χ1v) is 8.05. The Kier molecular flexibility index (Phi) is 5.02. The molecule has 0 atom stereocenters. The minimum atomic E-state index is -0.412. The van der Waals surface area contributed by atoms with Gasteiger partial charge in [-0.25, -0.2) is 14.8 Å². The van der Waals surface area contributed by atoms with Gasteiger partial charge in [-0.3, -0.25) is 13.9 Å². The highest BCUT2D eigenvalue weighted by molar-refractivity contribution is 7.99. The standard InChI is InChI=1S/C14H20N4O3S/c1-8(2)7-9-15-11-10(12(16-9)22-6-5-19)13(20)18(4)14(21)17(11)3/h8,19H,5-7H2,1-4H3. The van der Waals surface area contributed by atoms with E-state index in [4.69, 9.17) is 5.11 Å². The zero-order valence-electron chi connectivity index (χ0n) is 13.2. The molecule has 120 valence electrons. The molecule has 0 unspecified atom stereocenters. The second-order valence-electron chi connectivity index (χ2n) is 5.52. The Bertz CT molecular complexity index is 810. The van der Waals surface area contributed by atoms with E-state index in [1.165, 1.54) is 23.4 Å². The molecule has 0 aromatic carbocycles. The van der Waals surface area contributed by atoms with Crippen LogP contribution in [-0.2, 0) is 20.5 Å². The lowest BCUT2D eigenvalue weighted by Gasteiger charge is -2.12. The van der Waals surface area contributed by atoms with Crippen molar-refractivity contribution in [3.05, 3.63) is 26.7 Å². The van der Waals surface area contributed by atoms with E-state index in [9.17, 15) is 9.59 Å². The third-order valence-corrected chi connectivity index (χ3v) is 4.19. The normalized spacial score (nSPS) is 11.5. The van der Waals surface area contributed by atoms with Gasteiger partial charge in [-0.15, -0.1) is 11.8 Å². The number of hydrogen-bond acceptors (Lipinski definition) is 6. The van der Waals surface area contributed by atoms with Gasteiger partial charge in [0.15, 0.2) is 5.65 Å². The Labute approximate surface area is 132 Å². The molecular formula is C14H20N4O3S. The molecule has 0 aliphatic rings. The van der Waals surface area contributed by atoms with E-state index in [0.29, 0.717) is 40.0 Å². The number of rotatable bonds is 5. The number of aryl methyl sites for hydroxylation is 1. The minimum absolute atomic E-state index is 0.0121. The molecule has 0 aliphatic carbocycles. The summed E-state index contributed by atoms with van der Waals surface area (Å²) in [6.45, 7) is 4.09. The van der Waals surface area contributed by atoms with Crippen molar-refractivity contribution in [1.29, 1.82) is 0 Å². The second kappa shape index (κ2) is 6.62. The van der Waals surface area contributed by atoms with Crippen molar-refractivity contribution < 1.29 is 5.11 Å². The van der Waals surface area contributed by atoms with Crippen molar-refractivity contribution in [2.24, 2.45) is 20.0 Å². The summed E-state index contributed by atoms with van der Waals surface area (Å²) in [6.07, 6.45) is 0.659. The topological polar surface area (TPSA) is 90.0 Å². The average Bonchev–Trinajstić information content (AvgIpc) is 2.47. The van der Waals surface area contributed by atoms with E-state index >= 15 is 0 Å².